The molecule has 0 aromatic heterocycles. The molecule has 0 unspecified atom stereocenters. The van der Waals surface area contributed by atoms with Crippen molar-refractivity contribution in [3.63, 3.8) is 0 Å². The third-order valence-electron chi connectivity index (χ3n) is 5.40. The van der Waals surface area contributed by atoms with Crippen molar-refractivity contribution in [2.45, 2.75) is 37.9 Å². The first kappa shape index (κ1) is 16.2. The monoisotopic (exact) mass is 286 g/mol. The van der Waals surface area contributed by atoms with Crippen LogP contribution in [0.1, 0.15) is 25.7 Å². The Morgan fingerprint density at radius 2 is 1.05 bits per heavy atom. The summed E-state index contributed by atoms with van der Waals surface area (Å²) in [6, 6.07) is 0. The van der Waals surface area contributed by atoms with Crippen LogP contribution in [0.2, 0.25) is 0 Å². The van der Waals surface area contributed by atoms with Crippen LogP contribution in [-0.2, 0) is 18.9 Å². The molecule has 0 N–H and O–H groups in total. The Balaban J connectivity index is 2.02. The van der Waals surface area contributed by atoms with E-state index in [0.717, 1.165) is 37.9 Å². The SMILES string of the molecule is COC[C@@H]1C[C@@H]2C[C@H](OC)[C@@H](OC)C[C@@H]2C[C@H]1COC. The zero-order valence-electron chi connectivity index (χ0n) is 13.3. The van der Waals surface area contributed by atoms with Crippen molar-refractivity contribution in [2.24, 2.45) is 23.7 Å². The van der Waals surface area contributed by atoms with Crippen molar-refractivity contribution in [1.29, 1.82) is 0 Å². The van der Waals surface area contributed by atoms with E-state index in [1.165, 1.54) is 12.8 Å². The molecule has 0 saturated heterocycles. The fraction of sp³-hybridized carbons (Fsp3) is 1.00. The first-order valence-corrected chi connectivity index (χ1v) is 7.76. The lowest BCUT2D eigenvalue weighted by Gasteiger charge is -2.47. The van der Waals surface area contributed by atoms with Crippen LogP contribution in [0.15, 0.2) is 0 Å². The molecular formula is C16H30O4. The molecule has 2 saturated carbocycles. The normalized spacial score (nSPS) is 41.4. The lowest BCUT2D eigenvalue weighted by atomic mass is 9.62. The van der Waals surface area contributed by atoms with E-state index in [9.17, 15) is 0 Å². The van der Waals surface area contributed by atoms with E-state index in [1.807, 2.05) is 0 Å². The van der Waals surface area contributed by atoms with Gasteiger partial charge in [0.1, 0.15) is 0 Å². The van der Waals surface area contributed by atoms with Crippen LogP contribution in [0.4, 0.5) is 0 Å². The average Bonchev–Trinajstić information content (AvgIpc) is 2.47. The number of methoxy groups -OCH3 is 4. The highest BCUT2D eigenvalue weighted by Crippen LogP contribution is 2.46. The largest absolute Gasteiger partial charge is 0.384 e. The minimum absolute atomic E-state index is 0.253. The third-order valence-corrected chi connectivity index (χ3v) is 5.40. The van der Waals surface area contributed by atoms with Gasteiger partial charge in [0.15, 0.2) is 0 Å². The van der Waals surface area contributed by atoms with E-state index in [-0.39, 0.29) is 12.2 Å². The van der Waals surface area contributed by atoms with Crippen molar-refractivity contribution in [1.82, 2.24) is 0 Å². The number of rotatable bonds is 6. The Kier molecular flexibility index (Phi) is 6.27. The maximum Gasteiger partial charge on any atom is 0.0835 e. The summed E-state index contributed by atoms with van der Waals surface area (Å²) in [6.07, 6.45) is 5.23. The molecule has 0 spiro atoms. The third kappa shape index (κ3) is 3.53. The lowest BCUT2D eigenvalue weighted by molar-refractivity contribution is -0.110. The van der Waals surface area contributed by atoms with Gasteiger partial charge >= 0.3 is 0 Å². The molecule has 20 heavy (non-hydrogen) atoms. The molecule has 4 nitrogen and oxygen atoms in total. The number of hydrogen-bond donors (Lipinski definition) is 0. The summed E-state index contributed by atoms with van der Waals surface area (Å²) in [5.74, 6) is 2.75. The Morgan fingerprint density at radius 3 is 1.35 bits per heavy atom. The zero-order valence-corrected chi connectivity index (χ0v) is 13.3. The zero-order chi connectivity index (χ0) is 14.5. The number of fused-ring (bicyclic) bond motifs is 1. The standard InChI is InChI=1S/C16H30O4/c1-17-9-13-5-11-7-15(19-3)16(20-4)8-12(11)6-14(13)10-18-2/h11-16H,5-10H2,1-4H3/t11-,12+,13-,14-,15-,16-/m0/s1. The van der Waals surface area contributed by atoms with Crippen LogP contribution in [0.25, 0.3) is 0 Å². The van der Waals surface area contributed by atoms with E-state index in [4.69, 9.17) is 18.9 Å². The first-order chi connectivity index (χ1) is 9.73. The van der Waals surface area contributed by atoms with Gasteiger partial charge < -0.3 is 18.9 Å². The second-order valence-corrected chi connectivity index (χ2v) is 6.44. The predicted octanol–water partition coefficient (Wildman–Crippen LogP) is 2.36. The molecule has 0 bridgehead atoms. The molecule has 0 radical (unpaired) electrons. The molecule has 6 atom stereocenters. The summed E-state index contributed by atoms with van der Waals surface area (Å²) in [4.78, 5) is 0. The van der Waals surface area contributed by atoms with E-state index in [2.05, 4.69) is 0 Å². The predicted molar refractivity (Wildman–Crippen MR) is 77.8 cm³/mol. The molecule has 0 heterocycles. The summed E-state index contributed by atoms with van der Waals surface area (Å²) in [6.45, 7) is 1.70. The van der Waals surface area contributed by atoms with Gasteiger partial charge in [-0.05, 0) is 49.4 Å². The van der Waals surface area contributed by atoms with Gasteiger partial charge in [-0.25, -0.2) is 0 Å². The van der Waals surface area contributed by atoms with Gasteiger partial charge in [-0.1, -0.05) is 0 Å². The van der Waals surface area contributed by atoms with Crippen molar-refractivity contribution in [3.05, 3.63) is 0 Å². The van der Waals surface area contributed by atoms with Gasteiger partial charge in [-0.2, -0.15) is 0 Å². The fourth-order valence-corrected chi connectivity index (χ4v) is 4.36. The minimum atomic E-state index is 0.253. The van der Waals surface area contributed by atoms with E-state index in [1.54, 1.807) is 28.4 Å². The minimum Gasteiger partial charge on any atom is -0.384 e. The van der Waals surface area contributed by atoms with Crippen molar-refractivity contribution < 1.29 is 18.9 Å². The first-order valence-electron chi connectivity index (χ1n) is 7.76. The fourth-order valence-electron chi connectivity index (χ4n) is 4.36. The molecule has 2 aliphatic carbocycles. The smallest absolute Gasteiger partial charge is 0.0835 e. The Bertz CT molecular complexity index is 256. The van der Waals surface area contributed by atoms with Gasteiger partial charge in [-0.15, -0.1) is 0 Å². The second kappa shape index (κ2) is 7.74. The molecule has 0 aliphatic heterocycles. The Morgan fingerprint density at radius 1 is 0.650 bits per heavy atom. The van der Waals surface area contributed by atoms with Gasteiger partial charge in [0, 0.05) is 41.7 Å². The molecule has 2 fully saturated rings. The highest BCUT2D eigenvalue weighted by Gasteiger charge is 2.43. The van der Waals surface area contributed by atoms with Crippen molar-refractivity contribution in [3.8, 4) is 0 Å². The van der Waals surface area contributed by atoms with E-state index >= 15 is 0 Å². The number of hydrogen-bond acceptors (Lipinski definition) is 4. The van der Waals surface area contributed by atoms with Gasteiger partial charge in [-0.3, -0.25) is 0 Å². The van der Waals surface area contributed by atoms with Crippen molar-refractivity contribution in [2.75, 3.05) is 41.7 Å². The summed E-state index contributed by atoms with van der Waals surface area (Å²) >= 11 is 0. The molecule has 118 valence electrons. The highest BCUT2D eigenvalue weighted by molar-refractivity contribution is 4.93. The van der Waals surface area contributed by atoms with Crippen molar-refractivity contribution >= 4 is 0 Å². The quantitative estimate of drug-likeness (QED) is 0.751. The van der Waals surface area contributed by atoms with Crippen LogP contribution >= 0.6 is 0 Å². The topological polar surface area (TPSA) is 36.9 Å². The summed E-state index contributed by atoms with van der Waals surface area (Å²) in [5.41, 5.74) is 0. The lowest BCUT2D eigenvalue weighted by Crippen LogP contribution is -2.46. The van der Waals surface area contributed by atoms with E-state index < -0.39 is 0 Å². The molecule has 2 rings (SSSR count). The van der Waals surface area contributed by atoms with Gasteiger partial charge in [0.25, 0.3) is 0 Å². The summed E-state index contributed by atoms with van der Waals surface area (Å²) < 4.78 is 22.1. The molecule has 0 aromatic carbocycles. The maximum absolute atomic E-state index is 5.63. The van der Waals surface area contributed by atoms with Crippen LogP contribution < -0.4 is 0 Å². The molecule has 4 heteroatoms. The van der Waals surface area contributed by atoms with Crippen LogP contribution in [0.5, 0.6) is 0 Å². The van der Waals surface area contributed by atoms with Crippen LogP contribution in [0, 0.1) is 23.7 Å². The Hall–Kier alpha value is -0.160. The summed E-state index contributed by atoms with van der Waals surface area (Å²) in [7, 11) is 7.21. The Labute approximate surface area is 123 Å². The van der Waals surface area contributed by atoms with E-state index in [0.29, 0.717) is 11.8 Å². The van der Waals surface area contributed by atoms with Crippen LogP contribution in [0.3, 0.4) is 0 Å². The molecule has 0 amide bonds. The van der Waals surface area contributed by atoms with Gasteiger partial charge in [0.05, 0.1) is 12.2 Å². The maximum atomic E-state index is 5.63. The molecular weight excluding hydrogens is 256 g/mol. The average molecular weight is 286 g/mol. The van der Waals surface area contributed by atoms with Gasteiger partial charge in [0.2, 0.25) is 0 Å². The summed E-state index contributed by atoms with van der Waals surface area (Å²) in [5, 5.41) is 0. The molecule has 2 aliphatic rings. The number of ether oxygens (including phenoxy) is 4. The molecule has 0 aromatic rings. The highest BCUT2D eigenvalue weighted by atomic mass is 16.5. The second-order valence-electron chi connectivity index (χ2n) is 6.44. The van der Waals surface area contributed by atoms with Crippen LogP contribution in [-0.4, -0.2) is 53.9 Å².